The van der Waals surface area contributed by atoms with Gasteiger partial charge >= 0.3 is 45.5 Å². The van der Waals surface area contributed by atoms with E-state index in [-0.39, 0.29) is 59.9 Å². The number of carbonyl (C=O) groups excluding carboxylic acids is 2. The van der Waals surface area contributed by atoms with Gasteiger partial charge in [0.1, 0.15) is 0 Å². The molecular weight excluding hydrogens is 320 g/mol. The summed E-state index contributed by atoms with van der Waals surface area (Å²) >= 11 is 0. The summed E-state index contributed by atoms with van der Waals surface area (Å²) in [5.41, 5.74) is -1.25. The predicted octanol–water partition coefficient (Wildman–Crippen LogP) is 2.44. The van der Waals surface area contributed by atoms with Crippen LogP contribution in [0, 0.1) is 10.8 Å². The number of rotatable bonds is 5. The Hall–Kier alpha value is 0.741. The van der Waals surface area contributed by atoms with E-state index in [0.29, 0.717) is 0 Å². The molecule has 0 saturated carbocycles. The minimum absolute atomic E-state index is 0. The summed E-state index contributed by atoms with van der Waals surface area (Å²) in [6, 6.07) is 0. The Morgan fingerprint density at radius 2 is 1.26 bits per heavy atom. The molecule has 1 unspecified atom stereocenters. The van der Waals surface area contributed by atoms with E-state index in [0.717, 1.165) is 0 Å². The van der Waals surface area contributed by atoms with Gasteiger partial charge in [-0.3, -0.25) is 9.59 Å². The van der Waals surface area contributed by atoms with Crippen molar-refractivity contribution in [3.63, 3.8) is 0 Å². The number of hydrogen-bond acceptors (Lipinski definition) is 4. The third-order valence-electron chi connectivity index (χ3n) is 2.61. The molecule has 0 aromatic heterocycles. The fourth-order valence-electron chi connectivity index (χ4n) is 1.28. The molecule has 0 aliphatic rings. The Morgan fingerprint density at radius 3 is 1.47 bits per heavy atom. The minimum atomic E-state index is -1.07. The van der Waals surface area contributed by atoms with E-state index in [1.165, 1.54) is 7.11 Å². The Balaban J connectivity index is -0.000000482. The van der Waals surface area contributed by atoms with Crippen molar-refractivity contribution in [3.05, 3.63) is 0 Å². The van der Waals surface area contributed by atoms with Crippen LogP contribution in [0.4, 0.5) is 0 Å². The molecule has 0 heterocycles. The average molecular weight is 348 g/mol. The van der Waals surface area contributed by atoms with Gasteiger partial charge in [-0.25, -0.2) is 0 Å². The maximum Gasteiger partial charge on any atom is 2.00 e. The molecule has 1 atom stereocenters. The second-order valence-corrected chi connectivity index (χ2v) is 6.55. The monoisotopic (exact) mass is 348 g/mol. The quantitative estimate of drug-likeness (QED) is 0.435. The van der Waals surface area contributed by atoms with Crippen LogP contribution in [0.1, 0.15) is 51.3 Å². The van der Waals surface area contributed by atoms with Crippen molar-refractivity contribution < 1.29 is 21.9 Å². The topological polar surface area (TPSA) is 52.6 Å². The van der Waals surface area contributed by atoms with Crippen LogP contribution < -0.4 is 0 Å². The summed E-state index contributed by atoms with van der Waals surface area (Å²) < 4.78 is 10.4. The molecule has 0 aromatic rings. The fourth-order valence-corrected chi connectivity index (χ4v) is 1.28. The summed E-state index contributed by atoms with van der Waals surface area (Å²) in [4.78, 5) is 24.6. The van der Waals surface area contributed by atoms with E-state index in [9.17, 15) is 9.59 Å². The van der Waals surface area contributed by atoms with Gasteiger partial charge in [0, 0.05) is 17.9 Å². The molecular formula is C14H28O4Sr. The van der Waals surface area contributed by atoms with Gasteiger partial charge in [0.05, 0.1) is 0 Å². The van der Waals surface area contributed by atoms with Crippen molar-refractivity contribution in [3.8, 4) is 0 Å². The smallest absolute Gasteiger partial charge is 1.00 e. The van der Waals surface area contributed by atoms with Crippen LogP contribution in [0.2, 0.25) is 0 Å². The van der Waals surface area contributed by atoms with Crippen molar-refractivity contribution in [2.24, 2.45) is 10.8 Å². The van der Waals surface area contributed by atoms with Gasteiger partial charge in [0.15, 0.2) is 24.0 Å². The standard InChI is InChI=1S/C14H26O4.Sr.2H/c1-9(17-8)18-10(11(15)13(2,3)4)12(16)14(5,6)7;;;/h9-10H,1-8H3;;;/q;+2;2*-1. The first kappa shape index (κ1) is 22.0. The van der Waals surface area contributed by atoms with Gasteiger partial charge in [-0.15, -0.1) is 0 Å². The van der Waals surface area contributed by atoms with Crippen molar-refractivity contribution in [1.29, 1.82) is 0 Å². The maximum atomic E-state index is 12.3. The Bertz CT molecular complexity index is 296. The third-order valence-corrected chi connectivity index (χ3v) is 2.61. The number of Topliss-reactive ketones (excluding diaryl/α,β-unsaturated/α-hetero) is 2. The SMILES string of the molecule is COC(C)OC(C(=O)C(C)(C)C)C(=O)C(C)(C)C.[H-].[H-].[Sr+2]. The first-order chi connectivity index (χ1) is 7.91. The summed E-state index contributed by atoms with van der Waals surface area (Å²) in [5, 5.41) is 0. The van der Waals surface area contributed by atoms with Gasteiger partial charge in [-0.1, -0.05) is 41.5 Å². The first-order valence-corrected chi connectivity index (χ1v) is 6.18. The summed E-state index contributed by atoms with van der Waals surface area (Å²) in [6.45, 7) is 12.3. The molecule has 0 saturated heterocycles. The van der Waals surface area contributed by atoms with E-state index < -0.39 is 23.2 Å². The van der Waals surface area contributed by atoms with Crippen LogP contribution >= 0.6 is 0 Å². The number of hydrogen-bond donors (Lipinski definition) is 0. The Labute approximate surface area is 156 Å². The van der Waals surface area contributed by atoms with Gasteiger partial charge in [-0.2, -0.15) is 0 Å². The van der Waals surface area contributed by atoms with Gasteiger partial charge in [-0.05, 0) is 6.92 Å². The normalized spacial score (nSPS) is 13.9. The Kier molecular flexibility index (Phi) is 9.56. The molecule has 0 spiro atoms. The molecule has 0 bridgehead atoms. The molecule has 0 rings (SSSR count). The molecule has 0 amide bonds. The van der Waals surface area contributed by atoms with E-state index in [1.807, 2.05) is 0 Å². The van der Waals surface area contributed by atoms with Crippen LogP contribution in [-0.4, -0.2) is 76.6 Å². The molecule has 0 aliphatic carbocycles. The zero-order chi connectivity index (χ0) is 14.7. The van der Waals surface area contributed by atoms with E-state index >= 15 is 0 Å². The molecule has 19 heavy (non-hydrogen) atoms. The Morgan fingerprint density at radius 1 is 0.947 bits per heavy atom. The number of ketones is 2. The molecule has 0 aromatic carbocycles. The molecule has 0 fully saturated rings. The van der Waals surface area contributed by atoms with Gasteiger partial charge in [0.25, 0.3) is 0 Å². The second-order valence-electron chi connectivity index (χ2n) is 6.55. The fraction of sp³-hybridized carbons (Fsp3) is 0.857. The zero-order valence-corrected chi connectivity index (χ0v) is 17.0. The first-order valence-electron chi connectivity index (χ1n) is 6.18. The van der Waals surface area contributed by atoms with Crippen LogP contribution in [0.5, 0.6) is 0 Å². The molecule has 4 nitrogen and oxygen atoms in total. The second kappa shape index (κ2) is 8.25. The van der Waals surface area contributed by atoms with Gasteiger partial charge < -0.3 is 12.3 Å². The molecule has 0 N–H and O–H groups in total. The minimum Gasteiger partial charge on any atom is -1.00 e. The van der Waals surface area contributed by atoms with Crippen LogP contribution in [0.3, 0.4) is 0 Å². The molecule has 0 aliphatic heterocycles. The van der Waals surface area contributed by atoms with E-state index in [2.05, 4.69) is 0 Å². The average Bonchev–Trinajstić information content (AvgIpc) is 2.20. The molecule has 5 heteroatoms. The zero-order valence-electron chi connectivity index (χ0n) is 15.5. The molecule has 0 radical (unpaired) electrons. The number of ether oxygens (including phenoxy) is 2. The number of carbonyl (C=O) groups is 2. The largest absolute Gasteiger partial charge is 2.00 e. The molecule has 110 valence electrons. The van der Waals surface area contributed by atoms with Crippen LogP contribution in [0.15, 0.2) is 0 Å². The van der Waals surface area contributed by atoms with Crippen molar-refractivity contribution in [2.75, 3.05) is 7.11 Å². The summed E-state index contributed by atoms with van der Waals surface area (Å²) in [5.74, 6) is -0.433. The third kappa shape index (κ3) is 7.34. The van der Waals surface area contributed by atoms with Crippen molar-refractivity contribution in [2.45, 2.75) is 60.9 Å². The van der Waals surface area contributed by atoms with Crippen LogP contribution in [0.25, 0.3) is 0 Å². The maximum absolute atomic E-state index is 12.3. The van der Waals surface area contributed by atoms with Crippen molar-refractivity contribution in [1.82, 2.24) is 0 Å². The number of methoxy groups -OCH3 is 1. The summed E-state index contributed by atoms with van der Waals surface area (Å²) in [6.07, 6.45) is -1.66. The predicted molar refractivity (Wildman–Crippen MR) is 78.2 cm³/mol. The van der Waals surface area contributed by atoms with Gasteiger partial charge in [0.2, 0.25) is 0 Å². The summed E-state index contributed by atoms with van der Waals surface area (Å²) in [7, 11) is 1.48. The van der Waals surface area contributed by atoms with E-state index in [1.54, 1.807) is 48.5 Å². The van der Waals surface area contributed by atoms with E-state index in [4.69, 9.17) is 9.47 Å². The van der Waals surface area contributed by atoms with Crippen molar-refractivity contribution >= 4 is 57.0 Å². The van der Waals surface area contributed by atoms with Crippen LogP contribution in [-0.2, 0) is 19.1 Å².